The Labute approximate surface area is 165 Å². The van der Waals surface area contributed by atoms with E-state index in [1.54, 1.807) is 60.7 Å². The van der Waals surface area contributed by atoms with Gasteiger partial charge in [-0.3, -0.25) is 19.7 Å². The molecule has 3 aromatic carbocycles. The van der Waals surface area contributed by atoms with Crippen LogP contribution in [0.1, 0.15) is 27.4 Å². The fraction of sp³-hybridized carbons (Fsp3) is 0.0909. The standard InChI is InChI=1S/C22H16N2O5/c25-20(15-9-5-2-6-10-15)19(14-7-3-1-4-8-14)22(27)17-13-16(24(28)29)11-12-18(17)23-21(22)26/h1-13,19,27H,(H,23,26)/t19-,22-/m1/s1. The second kappa shape index (κ2) is 6.96. The summed E-state index contributed by atoms with van der Waals surface area (Å²) in [4.78, 5) is 37.0. The van der Waals surface area contributed by atoms with E-state index in [1.165, 1.54) is 12.1 Å². The van der Waals surface area contributed by atoms with Gasteiger partial charge in [-0.2, -0.15) is 0 Å². The number of aliphatic hydroxyl groups is 1. The van der Waals surface area contributed by atoms with Gasteiger partial charge in [-0.25, -0.2) is 0 Å². The number of hydrogen-bond donors (Lipinski definition) is 2. The summed E-state index contributed by atoms with van der Waals surface area (Å²) in [6, 6.07) is 20.5. The number of rotatable bonds is 5. The molecule has 0 spiro atoms. The Hall–Kier alpha value is -3.84. The maximum absolute atomic E-state index is 13.4. The minimum Gasteiger partial charge on any atom is -0.374 e. The summed E-state index contributed by atoms with van der Waals surface area (Å²) in [5, 5.41) is 25.4. The third-order valence-corrected chi connectivity index (χ3v) is 5.09. The number of nitro benzene ring substituents is 1. The number of amides is 1. The lowest BCUT2D eigenvalue weighted by Crippen LogP contribution is -2.44. The summed E-state index contributed by atoms with van der Waals surface area (Å²) in [5.74, 6) is -2.55. The summed E-state index contributed by atoms with van der Waals surface area (Å²) >= 11 is 0. The second-order valence-electron chi connectivity index (χ2n) is 6.78. The van der Waals surface area contributed by atoms with Crippen molar-refractivity contribution in [1.29, 1.82) is 0 Å². The Balaban J connectivity index is 1.94. The first-order chi connectivity index (χ1) is 13.9. The van der Waals surface area contributed by atoms with Gasteiger partial charge in [0.2, 0.25) is 0 Å². The van der Waals surface area contributed by atoms with Crippen LogP contribution < -0.4 is 5.32 Å². The number of fused-ring (bicyclic) bond motifs is 1. The van der Waals surface area contributed by atoms with Crippen LogP contribution in [0.2, 0.25) is 0 Å². The zero-order valence-electron chi connectivity index (χ0n) is 15.1. The van der Waals surface area contributed by atoms with Crippen molar-refractivity contribution >= 4 is 23.1 Å². The van der Waals surface area contributed by atoms with E-state index in [9.17, 15) is 24.8 Å². The molecule has 0 aliphatic carbocycles. The molecule has 29 heavy (non-hydrogen) atoms. The van der Waals surface area contributed by atoms with Crippen LogP contribution in [0.25, 0.3) is 0 Å². The Morgan fingerprint density at radius 1 is 1.00 bits per heavy atom. The summed E-state index contributed by atoms with van der Waals surface area (Å²) < 4.78 is 0. The van der Waals surface area contributed by atoms with E-state index in [0.717, 1.165) is 6.07 Å². The lowest BCUT2D eigenvalue weighted by Gasteiger charge is -2.30. The molecule has 1 heterocycles. The van der Waals surface area contributed by atoms with Crippen molar-refractivity contribution in [2.24, 2.45) is 0 Å². The molecule has 1 aliphatic heterocycles. The number of hydrogen-bond acceptors (Lipinski definition) is 5. The van der Waals surface area contributed by atoms with E-state index in [0.29, 0.717) is 11.1 Å². The number of nitrogens with zero attached hydrogens (tertiary/aromatic N) is 1. The number of carbonyl (C=O) groups is 2. The molecule has 0 saturated heterocycles. The molecule has 7 heteroatoms. The van der Waals surface area contributed by atoms with Gasteiger partial charge < -0.3 is 10.4 Å². The van der Waals surface area contributed by atoms with Crippen molar-refractivity contribution < 1.29 is 19.6 Å². The molecular formula is C22H16N2O5. The van der Waals surface area contributed by atoms with Crippen LogP contribution in [0.4, 0.5) is 11.4 Å². The smallest absolute Gasteiger partial charge is 0.269 e. The molecule has 0 unspecified atom stereocenters. The van der Waals surface area contributed by atoms with Crippen molar-refractivity contribution in [3.8, 4) is 0 Å². The molecule has 0 bridgehead atoms. The van der Waals surface area contributed by atoms with E-state index in [2.05, 4.69) is 5.32 Å². The molecule has 144 valence electrons. The summed E-state index contributed by atoms with van der Waals surface area (Å²) in [6.45, 7) is 0. The van der Waals surface area contributed by atoms with Crippen LogP contribution in [0, 0.1) is 10.1 Å². The number of Topliss-reactive ketones (excluding diaryl/α,β-unsaturated/α-hetero) is 1. The quantitative estimate of drug-likeness (QED) is 0.395. The van der Waals surface area contributed by atoms with Crippen molar-refractivity contribution in [2.45, 2.75) is 11.5 Å². The zero-order valence-corrected chi connectivity index (χ0v) is 15.1. The number of non-ortho nitro benzene ring substituents is 1. The highest BCUT2D eigenvalue weighted by molar-refractivity contribution is 6.12. The number of nitro groups is 1. The van der Waals surface area contributed by atoms with Crippen molar-refractivity contribution in [3.63, 3.8) is 0 Å². The number of ketones is 1. The monoisotopic (exact) mass is 388 g/mol. The zero-order chi connectivity index (χ0) is 20.6. The molecule has 3 aromatic rings. The molecule has 2 N–H and O–H groups in total. The maximum atomic E-state index is 13.4. The highest BCUT2D eigenvalue weighted by Gasteiger charge is 2.55. The largest absolute Gasteiger partial charge is 0.374 e. The van der Waals surface area contributed by atoms with E-state index >= 15 is 0 Å². The molecule has 7 nitrogen and oxygen atoms in total. The first kappa shape index (κ1) is 18.5. The Morgan fingerprint density at radius 2 is 1.62 bits per heavy atom. The average molecular weight is 388 g/mol. The lowest BCUT2D eigenvalue weighted by atomic mass is 9.74. The van der Waals surface area contributed by atoms with Gasteiger partial charge in [0.25, 0.3) is 11.6 Å². The first-order valence-corrected chi connectivity index (χ1v) is 8.90. The summed E-state index contributed by atoms with van der Waals surface area (Å²) in [5.41, 5.74) is -1.58. The average Bonchev–Trinajstić information content (AvgIpc) is 2.99. The molecule has 1 aliphatic rings. The van der Waals surface area contributed by atoms with Gasteiger partial charge in [0.15, 0.2) is 11.4 Å². The van der Waals surface area contributed by atoms with Gasteiger partial charge in [-0.15, -0.1) is 0 Å². The maximum Gasteiger partial charge on any atom is 0.269 e. The Bertz CT molecular complexity index is 1110. The van der Waals surface area contributed by atoms with Crippen molar-refractivity contribution in [2.75, 3.05) is 5.32 Å². The Morgan fingerprint density at radius 3 is 2.24 bits per heavy atom. The van der Waals surface area contributed by atoms with Gasteiger partial charge in [-0.1, -0.05) is 60.7 Å². The molecule has 0 aromatic heterocycles. The lowest BCUT2D eigenvalue weighted by molar-refractivity contribution is -0.385. The molecule has 2 atom stereocenters. The first-order valence-electron chi connectivity index (χ1n) is 8.90. The molecule has 4 rings (SSSR count). The van der Waals surface area contributed by atoms with Gasteiger partial charge >= 0.3 is 0 Å². The highest BCUT2D eigenvalue weighted by atomic mass is 16.6. The van der Waals surface area contributed by atoms with E-state index in [4.69, 9.17) is 0 Å². The van der Waals surface area contributed by atoms with Crippen LogP contribution in [-0.4, -0.2) is 21.7 Å². The fourth-order valence-electron chi connectivity index (χ4n) is 3.69. The fourth-order valence-corrected chi connectivity index (χ4v) is 3.69. The number of carbonyl (C=O) groups excluding carboxylic acids is 2. The summed E-state index contributed by atoms with van der Waals surface area (Å²) in [6.07, 6.45) is 0. The Kier molecular flexibility index (Phi) is 4.44. The van der Waals surface area contributed by atoms with Crippen molar-refractivity contribution in [1.82, 2.24) is 0 Å². The van der Waals surface area contributed by atoms with Crippen LogP contribution in [0.3, 0.4) is 0 Å². The van der Waals surface area contributed by atoms with Gasteiger partial charge in [0.1, 0.15) is 0 Å². The van der Waals surface area contributed by atoms with Gasteiger partial charge in [0, 0.05) is 28.9 Å². The SMILES string of the molecule is O=C(c1ccccc1)[C@@H](c1ccccc1)[C@@]1(O)C(=O)Nc2ccc([N+](=O)[O-])cc21. The topological polar surface area (TPSA) is 110 Å². The van der Waals surface area contributed by atoms with Crippen LogP contribution in [0.15, 0.2) is 78.9 Å². The van der Waals surface area contributed by atoms with Gasteiger partial charge in [0.05, 0.1) is 10.8 Å². The highest BCUT2D eigenvalue weighted by Crippen LogP contribution is 2.47. The molecule has 0 radical (unpaired) electrons. The predicted molar refractivity (Wildman–Crippen MR) is 106 cm³/mol. The predicted octanol–water partition coefficient (Wildman–Crippen LogP) is 3.40. The van der Waals surface area contributed by atoms with Crippen LogP contribution in [0.5, 0.6) is 0 Å². The summed E-state index contributed by atoms with van der Waals surface area (Å²) in [7, 11) is 0. The molecular weight excluding hydrogens is 372 g/mol. The van der Waals surface area contributed by atoms with E-state index in [-0.39, 0.29) is 16.9 Å². The van der Waals surface area contributed by atoms with E-state index < -0.39 is 28.1 Å². The van der Waals surface area contributed by atoms with Crippen molar-refractivity contribution in [3.05, 3.63) is 106 Å². The molecule has 1 amide bonds. The second-order valence-corrected chi connectivity index (χ2v) is 6.78. The minimum atomic E-state index is -2.30. The normalized spacial score (nSPS) is 18.6. The molecule has 0 fully saturated rings. The number of nitrogens with one attached hydrogen (secondary N) is 1. The van der Waals surface area contributed by atoms with Gasteiger partial charge in [-0.05, 0) is 11.6 Å². The third-order valence-electron chi connectivity index (χ3n) is 5.09. The minimum absolute atomic E-state index is 0.00911. The molecule has 0 saturated carbocycles. The van der Waals surface area contributed by atoms with Crippen LogP contribution >= 0.6 is 0 Å². The number of anilines is 1. The van der Waals surface area contributed by atoms with Crippen LogP contribution in [-0.2, 0) is 10.4 Å². The third kappa shape index (κ3) is 2.97. The van der Waals surface area contributed by atoms with E-state index in [1.807, 2.05) is 0 Å². The number of benzene rings is 3.